The fraction of sp³-hybridized carbons (Fsp3) is 0.273. The third-order valence-electron chi connectivity index (χ3n) is 2.05. The number of imide groups is 1. The van der Waals surface area contributed by atoms with Gasteiger partial charge >= 0.3 is 6.03 Å². The van der Waals surface area contributed by atoms with Crippen LogP contribution >= 0.6 is 35.0 Å². The van der Waals surface area contributed by atoms with Crippen LogP contribution in [0.15, 0.2) is 23.1 Å². The van der Waals surface area contributed by atoms with Crippen LogP contribution in [0.1, 0.15) is 6.92 Å². The molecule has 7 heteroatoms. The van der Waals surface area contributed by atoms with Gasteiger partial charge in [0.05, 0.1) is 15.3 Å². The van der Waals surface area contributed by atoms with E-state index in [4.69, 9.17) is 23.2 Å². The summed E-state index contributed by atoms with van der Waals surface area (Å²) in [6.07, 6.45) is 0. The van der Waals surface area contributed by atoms with E-state index in [9.17, 15) is 9.59 Å². The van der Waals surface area contributed by atoms with Gasteiger partial charge in [-0.15, -0.1) is 11.8 Å². The molecule has 98 valence electrons. The number of nitrogens with one attached hydrogen (secondary N) is 2. The van der Waals surface area contributed by atoms with E-state index in [1.807, 2.05) is 0 Å². The van der Waals surface area contributed by atoms with Gasteiger partial charge in [-0.05, 0) is 19.1 Å². The number of benzene rings is 1. The molecule has 1 aromatic carbocycles. The average Bonchev–Trinajstić information content (AvgIpc) is 2.33. The van der Waals surface area contributed by atoms with E-state index in [1.165, 1.54) is 18.8 Å². The Morgan fingerprint density at radius 3 is 2.33 bits per heavy atom. The van der Waals surface area contributed by atoms with Gasteiger partial charge in [-0.1, -0.05) is 29.3 Å². The lowest BCUT2D eigenvalue weighted by Gasteiger charge is -2.12. The van der Waals surface area contributed by atoms with Crippen LogP contribution in [0.5, 0.6) is 0 Å². The SMILES string of the molecule is CNC(=O)NC(=O)[C@@H](C)Sc1c(Cl)cccc1Cl. The van der Waals surface area contributed by atoms with Crippen molar-refractivity contribution in [1.29, 1.82) is 0 Å². The van der Waals surface area contributed by atoms with E-state index in [1.54, 1.807) is 25.1 Å². The molecule has 0 fully saturated rings. The molecule has 0 aliphatic heterocycles. The predicted molar refractivity (Wildman–Crippen MR) is 74.4 cm³/mol. The Morgan fingerprint density at radius 1 is 1.28 bits per heavy atom. The highest BCUT2D eigenvalue weighted by Gasteiger charge is 2.19. The van der Waals surface area contributed by atoms with Gasteiger partial charge in [-0.2, -0.15) is 0 Å². The Hall–Kier alpha value is -0.910. The molecule has 0 aliphatic carbocycles. The van der Waals surface area contributed by atoms with Crippen LogP contribution in [0.25, 0.3) is 0 Å². The third kappa shape index (κ3) is 4.08. The second kappa shape index (κ2) is 6.87. The molecule has 2 N–H and O–H groups in total. The first-order chi connectivity index (χ1) is 8.45. The highest BCUT2D eigenvalue weighted by atomic mass is 35.5. The summed E-state index contributed by atoms with van der Waals surface area (Å²) < 4.78 is 0. The molecule has 0 unspecified atom stereocenters. The number of carbonyl (C=O) groups excluding carboxylic acids is 2. The maximum absolute atomic E-state index is 11.7. The lowest BCUT2D eigenvalue weighted by molar-refractivity contribution is -0.119. The molecule has 0 saturated carbocycles. The first-order valence-corrected chi connectivity index (χ1v) is 6.72. The molecule has 0 heterocycles. The minimum Gasteiger partial charge on any atom is -0.341 e. The summed E-state index contributed by atoms with van der Waals surface area (Å²) in [6, 6.07) is 4.57. The smallest absolute Gasteiger partial charge is 0.321 e. The lowest BCUT2D eigenvalue weighted by Crippen LogP contribution is -2.41. The number of amides is 3. The summed E-state index contributed by atoms with van der Waals surface area (Å²) in [5, 5.41) is 4.97. The number of carbonyl (C=O) groups is 2. The maximum atomic E-state index is 11.7. The normalized spacial score (nSPS) is 11.8. The molecule has 1 rings (SSSR count). The Morgan fingerprint density at radius 2 is 1.83 bits per heavy atom. The molecule has 0 aliphatic rings. The molecule has 18 heavy (non-hydrogen) atoms. The molecule has 4 nitrogen and oxygen atoms in total. The monoisotopic (exact) mass is 306 g/mol. The van der Waals surface area contributed by atoms with E-state index in [2.05, 4.69) is 10.6 Å². The zero-order valence-electron chi connectivity index (χ0n) is 9.79. The Balaban J connectivity index is 2.72. The maximum Gasteiger partial charge on any atom is 0.321 e. The number of halogens is 2. The lowest BCUT2D eigenvalue weighted by atomic mass is 10.4. The molecule has 3 amide bonds. The van der Waals surface area contributed by atoms with Crippen molar-refractivity contribution in [2.24, 2.45) is 0 Å². The Labute approximate surface area is 119 Å². The molecule has 1 aromatic rings. The minimum atomic E-state index is -0.544. The minimum absolute atomic E-state index is 0.407. The van der Waals surface area contributed by atoms with Gasteiger partial charge in [-0.25, -0.2) is 4.79 Å². The second-order valence-electron chi connectivity index (χ2n) is 3.38. The van der Waals surface area contributed by atoms with Crippen LogP contribution in [0, 0.1) is 0 Å². The van der Waals surface area contributed by atoms with Crippen molar-refractivity contribution in [2.75, 3.05) is 7.05 Å². The third-order valence-corrected chi connectivity index (χ3v) is 4.14. The van der Waals surface area contributed by atoms with Crippen molar-refractivity contribution in [3.63, 3.8) is 0 Å². The van der Waals surface area contributed by atoms with Crippen LogP contribution < -0.4 is 10.6 Å². The summed E-state index contributed by atoms with van der Waals surface area (Å²) in [5.41, 5.74) is 0. The van der Waals surface area contributed by atoms with Crippen molar-refractivity contribution in [3.05, 3.63) is 28.2 Å². The zero-order valence-corrected chi connectivity index (χ0v) is 12.1. The van der Waals surface area contributed by atoms with E-state index in [0.717, 1.165) is 0 Å². The van der Waals surface area contributed by atoms with Gasteiger partial charge in [0, 0.05) is 11.9 Å². The molecule has 0 aromatic heterocycles. The van der Waals surface area contributed by atoms with Crippen molar-refractivity contribution < 1.29 is 9.59 Å². The molecule has 1 atom stereocenters. The number of urea groups is 1. The number of thioether (sulfide) groups is 1. The van der Waals surface area contributed by atoms with Gasteiger partial charge < -0.3 is 5.32 Å². The van der Waals surface area contributed by atoms with E-state index in [-0.39, 0.29) is 0 Å². The Kier molecular flexibility index (Phi) is 5.78. The van der Waals surface area contributed by atoms with Crippen LogP contribution in [0.4, 0.5) is 4.79 Å². The number of rotatable bonds is 3. The summed E-state index contributed by atoms with van der Waals surface area (Å²) >= 11 is 13.2. The summed E-state index contributed by atoms with van der Waals surface area (Å²) in [7, 11) is 1.44. The molecule has 0 saturated heterocycles. The van der Waals surface area contributed by atoms with Gasteiger partial charge in [0.2, 0.25) is 5.91 Å². The van der Waals surface area contributed by atoms with Crippen LogP contribution in [0.2, 0.25) is 10.0 Å². The standard InChI is InChI=1S/C11H12Cl2N2O2S/c1-6(10(16)15-11(17)14-2)18-9-7(12)4-3-5-8(9)13/h3-6H,1-2H3,(H2,14,15,16,17)/t6-/m1/s1. The first kappa shape index (κ1) is 15.1. The van der Waals surface area contributed by atoms with Crippen molar-refractivity contribution in [3.8, 4) is 0 Å². The fourth-order valence-electron chi connectivity index (χ4n) is 1.10. The fourth-order valence-corrected chi connectivity index (χ4v) is 2.65. The van der Waals surface area contributed by atoms with Crippen LogP contribution in [-0.2, 0) is 4.79 Å². The van der Waals surface area contributed by atoms with Crippen molar-refractivity contribution in [1.82, 2.24) is 10.6 Å². The zero-order chi connectivity index (χ0) is 13.7. The first-order valence-electron chi connectivity index (χ1n) is 5.09. The quantitative estimate of drug-likeness (QED) is 0.844. The molecular weight excluding hydrogens is 295 g/mol. The number of hydrogen-bond acceptors (Lipinski definition) is 3. The molecule has 0 bridgehead atoms. The highest BCUT2D eigenvalue weighted by Crippen LogP contribution is 2.36. The summed E-state index contributed by atoms with van der Waals surface area (Å²) in [5.74, 6) is -0.407. The van der Waals surface area contributed by atoms with E-state index >= 15 is 0 Å². The van der Waals surface area contributed by atoms with Crippen LogP contribution in [-0.4, -0.2) is 24.2 Å². The second-order valence-corrected chi connectivity index (χ2v) is 5.54. The largest absolute Gasteiger partial charge is 0.341 e. The Bertz CT molecular complexity index is 448. The van der Waals surface area contributed by atoms with Crippen molar-refractivity contribution >= 4 is 46.9 Å². The van der Waals surface area contributed by atoms with Gasteiger partial charge in [0.15, 0.2) is 0 Å². The van der Waals surface area contributed by atoms with Crippen LogP contribution in [0.3, 0.4) is 0 Å². The van der Waals surface area contributed by atoms with Gasteiger partial charge in [-0.3, -0.25) is 10.1 Å². The predicted octanol–water partition coefficient (Wildman–Crippen LogP) is 2.93. The highest BCUT2D eigenvalue weighted by molar-refractivity contribution is 8.00. The summed E-state index contributed by atoms with van der Waals surface area (Å²) in [4.78, 5) is 23.3. The van der Waals surface area contributed by atoms with E-state index < -0.39 is 17.2 Å². The van der Waals surface area contributed by atoms with Crippen molar-refractivity contribution in [2.45, 2.75) is 17.1 Å². The van der Waals surface area contributed by atoms with E-state index in [0.29, 0.717) is 14.9 Å². The molecule has 0 radical (unpaired) electrons. The van der Waals surface area contributed by atoms with Gasteiger partial charge in [0.25, 0.3) is 0 Å². The summed E-state index contributed by atoms with van der Waals surface area (Å²) in [6.45, 7) is 1.67. The molecular formula is C11H12Cl2N2O2S. The number of hydrogen-bond donors (Lipinski definition) is 2. The topological polar surface area (TPSA) is 58.2 Å². The average molecular weight is 307 g/mol. The molecule has 0 spiro atoms. The van der Waals surface area contributed by atoms with Gasteiger partial charge in [0.1, 0.15) is 0 Å².